The summed E-state index contributed by atoms with van der Waals surface area (Å²) in [6.07, 6.45) is 3.03. The van der Waals surface area contributed by atoms with Crippen LogP contribution in [0.25, 0.3) is 0 Å². The van der Waals surface area contributed by atoms with Crippen molar-refractivity contribution < 1.29 is 14.6 Å². The van der Waals surface area contributed by atoms with Crippen molar-refractivity contribution in [2.24, 2.45) is 5.92 Å². The number of esters is 1. The van der Waals surface area contributed by atoms with Gasteiger partial charge < -0.3 is 14.7 Å². The minimum absolute atomic E-state index is 0.188. The second-order valence-corrected chi connectivity index (χ2v) is 4.96. The lowest BCUT2D eigenvalue weighted by atomic mass is 9.73. The molecule has 3 aliphatic rings. The van der Waals surface area contributed by atoms with Gasteiger partial charge in [0, 0.05) is 13.0 Å². The Kier molecular flexibility index (Phi) is 3.50. The van der Waals surface area contributed by atoms with Crippen molar-refractivity contribution in [1.82, 2.24) is 4.90 Å². The van der Waals surface area contributed by atoms with E-state index in [0.717, 1.165) is 32.5 Å². The number of piperidine rings is 3. The standard InChI is InChI=1S/C12H21NO3/c1-2-16-11(14)3-6-12(15)9-13-7-4-10(12)5-8-13/h10,15H,2-9H2,1H3. The van der Waals surface area contributed by atoms with Crippen LogP contribution in [0.5, 0.6) is 0 Å². The van der Waals surface area contributed by atoms with E-state index in [0.29, 0.717) is 25.4 Å². The topological polar surface area (TPSA) is 49.8 Å². The molecule has 0 aromatic heterocycles. The molecule has 0 aromatic carbocycles. The zero-order valence-corrected chi connectivity index (χ0v) is 9.95. The van der Waals surface area contributed by atoms with Gasteiger partial charge in [-0.3, -0.25) is 4.79 Å². The Morgan fingerprint density at radius 1 is 1.50 bits per heavy atom. The summed E-state index contributed by atoms with van der Waals surface area (Å²) < 4.78 is 4.89. The van der Waals surface area contributed by atoms with Crippen molar-refractivity contribution in [2.75, 3.05) is 26.2 Å². The zero-order valence-electron chi connectivity index (χ0n) is 9.95. The molecule has 4 heteroatoms. The van der Waals surface area contributed by atoms with Crippen LogP contribution in [0.2, 0.25) is 0 Å². The van der Waals surface area contributed by atoms with Gasteiger partial charge in [0.1, 0.15) is 0 Å². The number of carbonyl (C=O) groups is 1. The highest BCUT2D eigenvalue weighted by Gasteiger charge is 2.45. The summed E-state index contributed by atoms with van der Waals surface area (Å²) in [4.78, 5) is 13.6. The summed E-state index contributed by atoms with van der Waals surface area (Å²) in [6.45, 7) is 5.17. The monoisotopic (exact) mass is 227 g/mol. The minimum Gasteiger partial charge on any atom is -0.466 e. The summed E-state index contributed by atoms with van der Waals surface area (Å²) in [7, 11) is 0. The molecule has 3 fully saturated rings. The number of hydrogen-bond acceptors (Lipinski definition) is 4. The summed E-state index contributed by atoms with van der Waals surface area (Å²) in [6, 6.07) is 0. The molecule has 3 heterocycles. The molecule has 4 nitrogen and oxygen atoms in total. The van der Waals surface area contributed by atoms with Crippen LogP contribution in [0.1, 0.15) is 32.6 Å². The van der Waals surface area contributed by atoms with Crippen molar-refractivity contribution in [3.8, 4) is 0 Å². The Morgan fingerprint density at radius 2 is 2.19 bits per heavy atom. The van der Waals surface area contributed by atoms with Crippen LogP contribution in [-0.2, 0) is 9.53 Å². The average molecular weight is 227 g/mol. The van der Waals surface area contributed by atoms with E-state index in [2.05, 4.69) is 4.90 Å². The molecule has 0 aliphatic carbocycles. The van der Waals surface area contributed by atoms with E-state index in [1.165, 1.54) is 0 Å². The number of carbonyl (C=O) groups excluding carboxylic acids is 1. The van der Waals surface area contributed by atoms with Crippen molar-refractivity contribution in [3.63, 3.8) is 0 Å². The van der Waals surface area contributed by atoms with Gasteiger partial charge in [0.25, 0.3) is 0 Å². The highest BCUT2D eigenvalue weighted by atomic mass is 16.5. The van der Waals surface area contributed by atoms with Crippen LogP contribution < -0.4 is 0 Å². The van der Waals surface area contributed by atoms with Crippen molar-refractivity contribution in [3.05, 3.63) is 0 Å². The minimum atomic E-state index is -0.650. The van der Waals surface area contributed by atoms with E-state index in [4.69, 9.17) is 4.74 Å². The smallest absolute Gasteiger partial charge is 0.305 e. The first kappa shape index (κ1) is 11.9. The number of ether oxygens (including phenoxy) is 1. The second kappa shape index (κ2) is 4.72. The first-order valence-corrected chi connectivity index (χ1v) is 6.24. The van der Waals surface area contributed by atoms with Crippen LogP contribution in [0.3, 0.4) is 0 Å². The predicted octanol–water partition coefficient (Wildman–Crippen LogP) is 0.786. The maximum absolute atomic E-state index is 11.3. The van der Waals surface area contributed by atoms with E-state index >= 15 is 0 Å². The van der Waals surface area contributed by atoms with Gasteiger partial charge in [-0.25, -0.2) is 0 Å². The molecule has 92 valence electrons. The maximum Gasteiger partial charge on any atom is 0.305 e. The zero-order chi connectivity index (χ0) is 11.6. The third-order valence-corrected chi connectivity index (χ3v) is 3.91. The fraction of sp³-hybridized carbons (Fsp3) is 0.917. The molecule has 2 bridgehead atoms. The molecule has 1 N–H and O–H groups in total. The van der Waals surface area contributed by atoms with E-state index < -0.39 is 5.60 Å². The van der Waals surface area contributed by atoms with Crippen molar-refractivity contribution in [2.45, 2.75) is 38.2 Å². The third kappa shape index (κ3) is 2.38. The quantitative estimate of drug-likeness (QED) is 0.721. The van der Waals surface area contributed by atoms with Gasteiger partial charge in [0.2, 0.25) is 0 Å². The van der Waals surface area contributed by atoms with Crippen molar-refractivity contribution >= 4 is 5.97 Å². The Morgan fingerprint density at radius 3 is 2.69 bits per heavy atom. The summed E-state index contributed by atoms with van der Waals surface area (Å²) in [5.41, 5.74) is -0.650. The van der Waals surface area contributed by atoms with Gasteiger partial charge in [-0.05, 0) is 45.2 Å². The maximum atomic E-state index is 11.3. The molecule has 0 spiro atoms. The summed E-state index contributed by atoms with van der Waals surface area (Å²) in [5.74, 6) is 0.194. The SMILES string of the molecule is CCOC(=O)CCC1(O)CN2CCC1CC2. The first-order chi connectivity index (χ1) is 7.64. The normalized spacial score (nSPS) is 37.4. The lowest BCUT2D eigenvalue weighted by molar-refractivity contribution is -0.149. The number of nitrogens with zero attached hydrogens (tertiary/aromatic N) is 1. The molecule has 16 heavy (non-hydrogen) atoms. The van der Waals surface area contributed by atoms with Crippen LogP contribution in [0.15, 0.2) is 0 Å². The average Bonchev–Trinajstić information content (AvgIpc) is 2.28. The van der Waals surface area contributed by atoms with Crippen molar-refractivity contribution in [1.29, 1.82) is 0 Å². The van der Waals surface area contributed by atoms with Gasteiger partial charge in [-0.2, -0.15) is 0 Å². The Hall–Kier alpha value is -0.610. The van der Waals surface area contributed by atoms with E-state index in [-0.39, 0.29) is 5.97 Å². The van der Waals surface area contributed by atoms with E-state index in [1.807, 2.05) is 0 Å². The third-order valence-electron chi connectivity index (χ3n) is 3.91. The molecule has 0 radical (unpaired) electrons. The highest BCUT2D eigenvalue weighted by molar-refractivity contribution is 5.69. The van der Waals surface area contributed by atoms with E-state index in [9.17, 15) is 9.90 Å². The van der Waals surface area contributed by atoms with Crippen LogP contribution >= 0.6 is 0 Å². The molecule has 3 aliphatic heterocycles. The first-order valence-electron chi connectivity index (χ1n) is 6.24. The van der Waals surface area contributed by atoms with Gasteiger partial charge in [-0.1, -0.05) is 0 Å². The highest BCUT2D eigenvalue weighted by Crippen LogP contribution is 2.38. The Bertz CT molecular complexity index is 261. The van der Waals surface area contributed by atoms with Crippen LogP contribution in [0, 0.1) is 5.92 Å². The van der Waals surface area contributed by atoms with Crippen LogP contribution in [0.4, 0.5) is 0 Å². The lowest BCUT2D eigenvalue weighted by Gasteiger charge is -2.50. The molecule has 3 saturated heterocycles. The number of rotatable bonds is 4. The summed E-state index contributed by atoms with van der Waals surface area (Å²) in [5, 5.41) is 10.5. The predicted molar refractivity (Wildman–Crippen MR) is 60.0 cm³/mol. The summed E-state index contributed by atoms with van der Waals surface area (Å²) >= 11 is 0. The molecular weight excluding hydrogens is 206 g/mol. The Balaban J connectivity index is 1.86. The molecule has 0 aromatic rings. The molecule has 1 atom stereocenters. The fourth-order valence-corrected chi connectivity index (χ4v) is 2.98. The number of fused-ring (bicyclic) bond motifs is 3. The van der Waals surface area contributed by atoms with Gasteiger partial charge in [0.05, 0.1) is 12.2 Å². The largest absolute Gasteiger partial charge is 0.466 e. The molecule has 3 rings (SSSR count). The molecular formula is C12H21NO3. The fourth-order valence-electron chi connectivity index (χ4n) is 2.98. The van der Waals surface area contributed by atoms with Gasteiger partial charge in [-0.15, -0.1) is 0 Å². The lowest BCUT2D eigenvalue weighted by Crippen LogP contribution is -2.59. The second-order valence-electron chi connectivity index (χ2n) is 4.96. The van der Waals surface area contributed by atoms with Gasteiger partial charge >= 0.3 is 5.97 Å². The Labute approximate surface area is 96.6 Å². The number of hydrogen-bond donors (Lipinski definition) is 1. The van der Waals surface area contributed by atoms with E-state index in [1.54, 1.807) is 6.92 Å². The molecule has 1 unspecified atom stereocenters. The van der Waals surface area contributed by atoms with Crippen LogP contribution in [-0.4, -0.2) is 47.8 Å². The molecule has 0 amide bonds. The number of aliphatic hydroxyl groups is 1. The molecule has 0 saturated carbocycles. The van der Waals surface area contributed by atoms with Gasteiger partial charge in [0.15, 0.2) is 0 Å².